The Morgan fingerprint density at radius 2 is 1.67 bits per heavy atom. The zero-order valence-electron chi connectivity index (χ0n) is 12.3. The lowest BCUT2D eigenvalue weighted by Crippen LogP contribution is -2.31. The number of aryl methyl sites for hydroxylation is 1. The van der Waals surface area contributed by atoms with Crippen molar-refractivity contribution in [1.82, 2.24) is 4.90 Å². The molecule has 0 fully saturated rings. The van der Waals surface area contributed by atoms with Crippen molar-refractivity contribution in [2.45, 2.75) is 46.2 Å². The number of benzene rings is 1. The molecule has 0 saturated carbocycles. The highest BCUT2D eigenvalue weighted by molar-refractivity contribution is 5.22. The van der Waals surface area contributed by atoms with Gasteiger partial charge in [0.2, 0.25) is 0 Å². The van der Waals surface area contributed by atoms with Gasteiger partial charge < -0.3 is 10.6 Å². The molecule has 0 heterocycles. The summed E-state index contributed by atoms with van der Waals surface area (Å²) in [5.74, 6) is 0.572. The molecule has 0 aliphatic carbocycles. The Hall–Kier alpha value is -0.860. The van der Waals surface area contributed by atoms with Crippen molar-refractivity contribution >= 4 is 0 Å². The summed E-state index contributed by atoms with van der Waals surface area (Å²) in [5, 5.41) is 0. The fraction of sp³-hybridized carbons (Fsp3) is 0.625. The molecule has 0 saturated heterocycles. The number of hydrogen-bond donors (Lipinski definition) is 1. The van der Waals surface area contributed by atoms with Crippen LogP contribution in [-0.4, -0.2) is 24.5 Å². The average Bonchev–Trinajstić information content (AvgIpc) is 2.36. The van der Waals surface area contributed by atoms with Crippen LogP contribution in [0.25, 0.3) is 0 Å². The van der Waals surface area contributed by atoms with Crippen LogP contribution in [0.4, 0.5) is 0 Å². The lowest BCUT2D eigenvalue weighted by Gasteiger charge is -2.21. The maximum atomic E-state index is 6.07. The van der Waals surface area contributed by atoms with Crippen LogP contribution >= 0.6 is 0 Å². The highest BCUT2D eigenvalue weighted by Gasteiger charge is 2.09. The second kappa shape index (κ2) is 7.55. The summed E-state index contributed by atoms with van der Waals surface area (Å²) < 4.78 is 0. The minimum absolute atomic E-state index is 0.315. The van der Waals surface area contributed by atoms with E-state index in [1.807, 2.05) is 0 Å². The largest absolute Gasteiger partial charge is 0.327 e. The van der Waals surface area contributed by atoms with Crippen molar-refractivity contribution in [2.24, 2.45) is 11.7 Å². The Morgan fingerprint density at radius 3 is 2.17 bits per heavy atom. The summed E-state index contributed by atoms with van der Waals surface area (Å²) in [4.78, 5) is 2.35. The van der Waals surface area contributed by atoms with Gasteiger partial charge in [0.25, 0.3) is 0 Å². The van der Waals surface area contributed by atoms with Gasteiger partial charge in [-0.15, -0.1) is 0 Å². The van der Waals surface area contributed by atoms with Crippen LogP contribution in [0.2, 0.25) is 0 Å². The molecule has 2 N–H and O–H groups in total. The van der Waals surface area contributed by atoms with Gasteiger partial charge in [-0.25, -0.2) is 0 Å². The summed E-state index contributed by atoms with van der Waals surface area (Å²) in [5.41, 5.74) is 8.86. The molecule has 2 nitrogen and oxygen atoms in total. The van der Waals surface area contributed by atoms with Crippen LogP contribution < -0.4 is 5.73 Å². The molecule has 1 unspecified atom stereocenters. The summed E-state index contributed by atoms with van der Waals surface area (Å²) in [6, 6.07) is 9.23. The van der Waals surface area contributed by atoms with Crippen molar-refractivity contribution < 1.29 is 0 Å². The van der Waals surface area contributed by atoms with Gasteiger partial charge in [-0.05, 0) is 43.5 Å². The average molecular weight is 248 g/mol. The zero-order chi connectivity index (χ0) is 13.5. The van der Waals surface area contributed by atoms with E-state index in [2.05, 4.69) is 57.0 Å². The van der Waals surface area contributed by atoms with Crippen molar-refractivity contribution in [3.63, 3.8) is 0 Å². The summed E-state index contributed by atoms with van der Waals surface area (Å²) >= 11 is 0. The quantitative estimate of drug-likeness (QED) is 0.803. The van der Waals surface area contributed by atoms with E-state index in [1.54, 1.807) is 0 Å². The molecule has 18 heavy (non-hydrogen) atoms. The van der Waals surface area contributed by atoms with Crippen LogP contribution in [0.15, 0.2) is 24.3 Å². The Balaban J connectivity index is 2.37. The molecule has 0 bridgehead atoms. The van der Waals surface area contributed by atoms with E-state index in [1.165, 1.54) is 11.1 Å². The maximum Gasteiger partial charge on any atom is 0.0230 e. The van der Waals surface area contributed by atoms with E-state index in [0.29, 0.717) is 12.0 Å². The fourth-order valence-corrected chi connectivity index (χ4v) is 1.97. The molecule has 0 aliphatic heterocycles. The second-order valence-electron chi connectivity index (χ2n) is 5.60. The van der Waals surface area contributed by atoms with Crippen LogP contribution in [0.5, 0.6) is 0 Å². The van der Waals surface area contributed by atoms with Crippen LogP contribution in [0.1, 0.15) is 38.3 Å². The van der Waals surface area contributed by atoms with Crippen molar-refractivity contribution in [1.29, 1.82) is 0 Å². The van der Waals surface area contributed by atoms with Gasteiger partial charge in [0.1, 0.15) is 0 Å². The van der Waals surface area contributed by atoms with E-state index < -0.39 is 0 Å². The molecular weight excluding hydrogens is 220 g/mol. The van der Waals surface area contributed by atoms with Gasteiger partial charge in [0, 0.05) is 12.6 Å². The second-order valence-corrected chi connectivity index (χ2v) is 5.60. The van der Waals surface area contributed by atoms with Gasteiger partial charge in [0.15, 0.2) is 0 Å². The van der Waals surface area contributed by atoms with E-state index in [4.69, 9.17) is 5.73 Å². The zero-order valence-corrected chi connectivity index (χ0v) is 12.3. The number of nitrogens with zero attached hydrogens (tertiary/aromatic N) is 1. The minimum atomic E-state index is 0.315. The smallest absolute Gasteiger partial charge is 0.0230 e. The molecule has 0 spiro atoms. The lowest BCUT2D eigenvalue weighted by atomic mass is 10.0. The molecule has 102 valence electrons. The van der Waals surface area contributed by atoms with Gasteiger partial charge >= 0.3 is 0 Å². The van der Waals surface area contributed by atoms with Crippen molar-refractivity contribution in [3.05, 3.63) is 35.4 Å². The first-order valence-electron chi connectivity index (χ1n) is 7.04. The van der Waals surface area contributed by atoms with Gasteiger partial charge in [-0.1, -0.05) is 45.0 Å². The first kappa shape index (κ1) is 15.2. The lowest BCUT2D eigenvalue weighted by molar-refractivity contribution is 0.296. The Bertz CT molecular complexity index is 329. The first-order valence-corrected chi connectivity index (χ1v) is 7.04. The normalized spacial score (nSPS) is 13.3. The van der Waals surface area contributed by atoms with Crippen LogP contribution in [0.3, 0.4) is 0 Å². The van der Waals surface area contributed by atoms with E-state index in [0.717, 1.165) is 25.9 Å². The molecule has 1 atom stereocenters. The van der Waals surface area contributed by atoms with Crippen molar-refractivity contribution in [3.8, 4) is 0 Å². The maximum absolute atomic E-state index is 6.07. The van der Waals surface area contributed by atoms with Gasteiger partial charge in [0.05, 0.1) is 0 Å². The fourth-order valence-electron chi connectivity index (χ4n) is 1.97. The molecule has 1 aromatic carbocycles. The molecule has 0 aliphatic rings. The van der Waals surface area contributed by atoms with Crippen molar-refractivity contribution in [2.75, 3.05) is 13.6 Å². The van der Waals surface area contributed by atoms with E-state index in [-0.39, 0.29) is 0 Å². The highest BCUT2D eigenvalue weighted by atomic mass is 15.1. The van der Waals surface area contributed by atoms with Crippen LogP contribution in [-0.2, 0) is 13.0 Å². The third kappa shape index (κ3) is 5.19. The molecule has 0 amide bonds. The Morgan fingerprint density at radius 1 is 1.11 bits per heavy atom. The Labute approximate surface area is 112 Å². The monoisotopic (exact) mass is 248 g/mol. The molecule has 1 aromatic rings. The topological polar surface area (TPSA) is 29.3 Å². The summed E-state index contributed by atoms with van der Waals surface area (Å²) in [6.45, 7) is 8.64. The predicted octanol–water partition coefficient (Wildman–Crippen LogP) is 3.05. The number of rotatable bonds is 7. The predicted molar refractivity (Wildman–Crippen MR) is 79.6 cm³/mol. The standard InChI is InChI=1S/C16H28N2/c1-5-14-6-8-15(9-7-14)12-18(4)11-10-16(17)13(2)3/h6-9,13,16H,5,10-12,17H2,1-4H3. The van der Waals surface area contributed by atoms with Crippen LogP contribution in [0, 0.1) is 5.92 Å². The molecule has 2 heteroatoms. The SMILES string of the molecule is CCc1ccc(CN(C)CCC(N)C(C)C)cc1. The molecular formula is C16H28N2. The highest BCUT2D eigenvalue weighted by Crippen LogP contribution is 2.09. The Kier molecular flexibility index (Phi) is 6.37. The third-order valence-corrected chi connectivity index (χ3v) is 3.58. The minimum Gasteiger partial charge on any atom is -0.327 e. The van der Waals surface area contributed by atoms with E-state index >= 15 is 0 Å². The molecule has 0 radical (unpaired) electrons. The molecule has 0 aromatic heterocycles. The summed E-state index contributed by atoms with van der Waals surface area (Å²) in [7, 11) is 2.17. The molecule has 1 rings (SSSR count). The number of nitrogens with two attached hydrogens (primary N) is 1. The summed E-state index contributed by atoms with van der Waals surface area (Å²) in [6.07, 6.45) is 2.18. The van der Waals surface area contributed by atoms with Gasteiger partial charge in [-0.3, -0.25) is 0 Å². The van der Waals surface area contributed by atoms with E-state index in [9.17, 15) is 0 Å². The third-order valence-electron chi connectivity index (χ3n) is 3.58. The van der Waals surface area contributed by atoms with Gasteiger partial charge in [-0.2, -0.15) is 0 Å². The number of hydrogen-bond acceptors (Lipinski definition) is 2. The first-order chi connectivity index (χ1) is 8.52.